The molecule has 1 unspecified atom stereocenters. The summed E-state index contributed by atoms with van der Waals surface area (Å²) < 4.78 is 21.3. The molecule has 28 heavy (non-hydrogen) atoms. The number of nitrogens with one attached hydrogen (secondary N) is 2. The Labute approximate surface area is 164 Å². The number of thiazole rings is 1. The fourth-order valence-electron chi connectivity index (χ4n) is 3.23. The molecule has 3 aromatic heterocycles. The second kappa shape index (κ2) is 7.95. The van der Waals surface area contributed by atoms with Crippen LogP contribution in [0.1, 0.15) is 36.6 Å². The van der Waals surface area contributed by atoms with Crippen molar-refractivity contribution in [1.29, 1.82) is 0 Å². The lowest BCUT2D eigenvalue weighted by atomic mass is 10.0. The van der Waals surface area contributed by atoms with E-state index >= 15 is 0 Å². The standard InChI is InChI=1S/C17H22FN7O2S/c1-25-15(14-3-2-10(19)9(18)7-27-14)12(6-21-25)22-16(26)13-8-28-17(23-13)11-4-5-20-24-11/h4-6,8-10,14,16,22,26H,2-3,7,19H2,1H3,(H,20,24)/t9-,10-,14+,16?/m1/s1. The number of nitrogens with zero attached hydrogens (tertiary/aromatic N) is 4. The van der Waals surface area contributed by atoms with Gasteiger partial charge in [0.25, 0.3) is 0 Å². The first-order chi connectivity index (χ1) is 13.5. The topological polar surface area (TPSA) is 127 Å². The summed E-state index contributed by atoms with van der Waals surface area (Å²) in [5, 5.41) is 27.2. The van der Waals surface area contributed by atoms with Crippen LogP contribution >= 0.6 is 11.3 Å². The van der Waals surface area contributed by atoms with Gasteiger partial charge in [-0.2, -0.15) is 10.2 Å². The first kappa shape index (κ1) is 19.0. The van der Waals surface area contributed by atoms with Crippen molar-refractivity contribution in [1.82, 2.24) is 25.0 Å². The van der Waals surface area contributed by atoms with Gasteiger partial charge in [0.2, 0.25) is 0 Å². The fraction of sp³-hybridized carbons (Fsp3) is 0.471. The highest BCUT2D eigenvalue weighted by atomic mass is 32.1. The lowest BCUT2D eigenvalue weighted by molar-refractivity contribution is 0.0246. The maximum atomic E-state index is 13.9. The molecule has 150 valence electrons. The molecule has 0 amide bonds. The molecule has 0 bridgehead atoms. The molecule has 1 aliphatic rings. The van der Waals surface area contributed by atoms with E-state index in [0.29, 0.717) is 29.2 Å². The van der Waals surface area contributed by atoms with Crippen LogP contribution in [-0.4, -0.2) is 48.9 Å². The van der Waals surface area contributed by atoms with E-state index in [9.17, 15) is 9.50 Å². The number of hydrogen-bond acceptors (Lipinski definition) is 8. The molecule has 1 fully saturated rings. The Balaban J connectivity index is 1.51. The molecule has 0 spiro atoms. The van der Waals surface area contributed by atoms with E-state index in [1.807, 2.05) is 6.07 Å². The van der Waals surface area contributed by atoms with Gasteiger partial charge < -0.3 is 20.9 Å². The first-order valence-corrected chi connectivity index (χ1v) is 9.84. The number of H-pyrrole nitrogens is 1. The molecule has 0 aliphatic carbocycles. The molecular formula is C17H22FN7O2S. The van der Waals surface area contributed by atoms with Crippen LogP contribution in [0.25, 0.3) is 10.7 Å². The highest BCUT2D eigenvalue weighted by molar-refractivity contribution is 7.13. The van der Waals surface area contributed by atoms with Gasteiger partial charge in [-0.1, -0.05) is 0 Å². The van der Waals surface area contributed by atoms with Crippen LogP contribution < -0.4 is 11.1 Å². The minimum absolute atomic E-state index is 0.0574. The third-order valence-electron chi connectivity index (χ3n) is 4.79. The smallest absolute Gasteiger partial charge is 0.169 e. The Morgan fingerprint density at radius 2 is 2.36 bits per heavy atom. The van der Waals surface area contributed by atoms with E-state index in [0.717, 1.165) is 11.4 Å². The van der Waals surface area contributed by atoms with Crippen molar-refractivity contribution in [2.75, 3.05) is 11.9 Å². The molecule has 4 rings (SSSR count). The number of halogens is 1. The van der Waals surface area contributed by atoms with E-state index in [-0.39, 0.29) is 12.7 Å². The van der Waals surface area contributed by atoms with E-state index in [1.165, 1.54) is 11.3 Å². The number of anilines is 1. The summed E-state index contributed by atoms with van der Waals surface area (Å²) in [5.41, 5.74) is 8.37. The van der Waals surface area contributed by atoms with E-state index in [1.54, 1.807) is 29.5 Å². The summed E-state index contributed by atoms with van der Waals surface area (Å²) in [7, 11) is 1.78. The van der Waals surface area contributed by atoms with Gasteiger partial charge >= 0.3 is 0 Å². The summed E-state index contributed by atoms with van der Waals surface area (Å²) in [4.78, 5) is 4.43. The van der Waals surface area contributed by atoms with Gasteiger partial charge in [-0.15, -0.1) is 11.3 Å². The predicted molar refractivity (Wildman–Crippen MR) is 102 cm³/mol. The summed E-state index contributed by atoms with van der Waals surface area (Å²) in [6, 6.07) is 1.28. The van der Waals surface area contributed by atoms with Crippen molar-refractivity contribution in [3.05, 3.63) is 35.2 Å². The van der Waals surface area contributed by atoms with Gasteiger partial charge in [0, 0.05) is 24.7 Å². The molecule has 0 saturated carbocycles. The van der Waals surface area contributed by atoms with Crippen molar-refractivity contribution < 1.29 is 14.2 Å². The molecule has 9 nitrogen and oxygen atoms in total. The van der Waals surface area contributed by atoms with Gasteiger partial charge in [0.15, 0.2) is 6.23 Å². The Kier molecular flexibility index (Phi) is 5.40. The van der Waals surface area contributed by atoms with E-state index in [4.69, 9.17) is 10.5 Å². The number of ether oxygens (including phenoxy) is 1. The van der Waals surface area contributed by atoms with Crippen molar-refractivity contribution in [3.8, 4) is 10.7 Å². The van der Waals surface area contributed by atoms with Gasteiger partial charge in [0.05, 0.1) is 24.2 Å². The average molecular weight is 407 g/mol. The van der Waals surface area contributed by atoms with Crippen LogP contribution in [0.2, 0.25) is 0 Å². The summed E-state index contributed by atoms with van der Waals surface area (Å²) in [6.45, 7) is -0.0574. The van der Waals surface area contributed by atoms with Gasteiger partial charge in [-0.05, 0) is 18.9 Å². The zero-order valence-corrected chi connectivity index (χ0v) is 16.1. The van der Waals surface area contributed by atoms with Crippen LogP contribution in [-0.2, 0) is 11.8 Å². The van der Waals surface area contributed by atoms with E-state index in [2.05, 4.69) is 25.6 Å². The third-order valence-corrected chi connectivity index (χ3v) is 5.67. The van der Waals surface area contributed by atoms with Crippen LogP contribution in [0.3, 0.4) is 0 Å². The zero-order valence-electron chi connectivity index (χ0n) is 15.2. The Hall–Kier alpha value is -2.34. The normalized spacial score (nSPS) is 24.1. The van der Waals surface area contributed by atoms with Crippen molar-refractivity contribution in [3.63, 3.8) is 0 Å². The predicted octanol–water partition coefficient (Wildman–Crippen LogP) is 1.89. The Morgan fingerprint density at radius 1 is 1.50 bits per heavy atom. The quantitative estimate of drug-likeness (QED) is 0.476. The largest absolute Gasteiger partial charge is 0.369 e. The molecule has 4 heterocycles. The summed E-state index contributed by atoms with van der Waals surface area (Å²) >= 11 is 1.39. The average Bonchev–Trinajstić information content (AvgIpc) is 3.41. The summed E-state index contributed by atoms with van der Waals surface area (Å²) in [5.74, 6) is 0. The number of rotatable bonds is 5. The number of hydrogen-bond donors (Lipinski definition) is 4. The number of aromatic nitrogens is 5. The van der Waals surface area contributed by atoms with Crippen molar-refractivity contribution in [2.45, 2.75) is 37.4 Å². The Bertz CT molecular complexity index is 901. The molecule has 4 atom stereocenters. The van der Waals surface area contributed by atoms with Crippen LogP contribution in [0, 0.1) is 0 Å². The first-order valence-electron chi connectivity index (χ1n) is 8.96. The fourth-order valence-corrected chi connectivity index (χ4v) is 4.03. The second-order valence-corrected chi connectivity index (χ2v) is 7.59. The maximum absolute atomic E-state index is 13.9. The lowest BCUT2D eigenvalue weighted by Crippen LogP contribution is -2.32. The molecule has 0 aromatic carbocycles. The summed E-state index contributed by atoms with van der Waals surface area (Å²) in [6.07, 6.45) is 1.84. The van der Waals surface area contributed by atoms with E-state index < -0.39 is 18.4 Å². The second-order valence-electron chi connectivity index (χ2n) is 6.73. The molecule has 1 saturated heterocycles. The van der Waals surface area contributed by atoms with Crippen molar-refractivity contribution in [2.24, 2.45) is 12.8 Å². The molecule has 11 heteroatoms. The van der Waals surface area contributed by atoms with Crippen molar-refractivity contribution >= 4 is 17.0 Å². The highest BCUT2D eigenvalue weighted by Crippen LogP contribution is 2.34. The number of nitrogens with two attached hydrogens (primary N) is 1. The third kappa shape index (κ3) is 3.78. The number of alkyl halides is 1. The molecular weight excluding hydrogens is 385 g/mol. The number of aryl methyl sites for hydroxylation is 1. The van der Waals surface area contributed by atoms with Crippen LogP contribution in [0.4, 0.5) is 10.1 Å². The molecule has 5 N–H and O–H groups in total. The van der Waals surface area contributed by atoms with Crippen LogP contribution in [0.15, 0.2) is 23.8 Å². The Morgan fingerprint density at radius 3 is 3.14 bits per heavy atom. The molecule has 0 radical (unpaired) electrons. The maximum Gasteiger partial charge on any atom is 0.169 e. The monoisotopic (exact) mass is 407 g/mol. The molecule has 1 aliphatic heterocycles. The SMILES string of the molecule is Cn1ncc(NC(O)c2csc(-c3cc[nH]n3)n2)c1[C@@H]1CC[C@@H](N)[C@H](F)CO1. The minimum atomic E-state index is -1.18. The highest BCUT2D eigenvalue weighted by Gasteiger charge is 2.30. The zero-order chi connectivity index (χ0) is 19.7. The minimum Gasteiger partial charge on any atom is -0.369 e. The van der Waals surface area contributed by atoms with Gasteiger partial charge in [-0.3, -0.25) is 9.78 Å². The van der Waals surface area contributed by atoms with Crippen LogP contribution in [0.5, 0.6) is 0 Å². The van der Waals surface area contributed by atoms with Gasteiger partial charge in [-0.25, -0.2) is 9.37 Å². The molecule has 3 aromatic rings. The van der Waals surface area contributed by atoms with Gasteiger partial charge in [0.1, 0.15) is 28.7 Å². The lowest BCUT2D eigenvalue weighted by Gasteiger charge is -2.19. The number of aliphatic hydroxyl groups is 1. The number of aromatic amines is 1. The number of aliphatic hydroxyl groups excluding tert-OH is 1.